The molecule has 23 heavy (non-hydrogen) atoms. The van der Waals surface area contributed by atoms with E-state index in [1.807, 2.05) is 12.1 Å². The van der Waals surface area contributed by atoms with Gasteiger partial charge in [-0.2, -0.15) is 5.10 Å². The van der Waals surface area contributed by atoms with Gasteiger partial charge >= 0.3 is 0 Å². The topological polar surface area (TPSA) is 46.0 Å². The van der Waals surface area contributed by atoms with Crippen LogP contribution in [-0.2, 0) is 0 Å². The number of amidine groups is 1. The second kappa shape index (κ2) is 7.02. The average molecular weight is 350 g/mol. The molecule has 4 nitrogen and oxygen atoms in total. The Balaban J connectivity index is 1.82. The number of methoxy groups -OCH3 is 1. The van der Waals surface area contributed by atoms with E-state index >= 15 is 0 Å². The standard InChI is InChI=1S/C16H13ClFN3OS/c1-22-15-6-5-11(18)8-13(15)14-9-23-16(21-20-14)19-12-4-2-3-10(17)7-12/h2-8H,9H2,1H3,(H,19,21). The molecule has 0 bridgehead atoms. The van der Waals surface area contributed by atoms with Gasteiger partial charge in [-0.1, -0.05) is 29.4 Å². The number of hydrogen-bond donors (Lipinski definition) is 1. The van der Waals surface area contributed by atoms with Crippen molar-refractivity contribution in [3.8, 4) is 5.75 Å². The number of hydrazone groups is 1. The molecule has 0 amide bonds. The highest BCUT2D eigenvalue weighted by Crippen LogP contribution is 2.25. The Morgan fingerprint density at radius 3 is 2.87 bits per heavy atom. The fourth-order valence-corrected chi connectivity index (χ4v) is 3.04. The molecule has 0 unspecified atom stereocenters. The first kappa shape index (κ1) is 15.8. The molecule has 7 heteroatoms. The molecule has 0 aromatic heterocycles. The van der Waals surface area contributed by atoms with Crippen LogP contribution in [0.25, 0.3) is 0 Å². The SMILES string of the molecule is COc1ccc(F)cc1C1=NNC(=Nc2cccc(Cl)c2)SC1. The molecule has 0 aliphatic carbocycles. The Morgan fingerprint density at radius 2 is 2.17 bits per heavy atom. The lowest BCUT2D eigenvalue weighted by atomic mass is 10.1. The summed E-state index contributed by atoms with van der Waals surface area (Å²) in [5.74, 6) is 0.821. The third kappa shape index (κ3) is 3.83. The molecule has 0 radical (unpaired) electrons. The van der Waals surface area contributed by atoms with Crippen LogP contribution in [0.2, 0.25) is 5.02 Å². The van der Waals surface area contributed by atoms with E-state index in [0.29, 0.717) is 33.0 Å². The summed E-state index contributed by atoms with van der Waals surface area (Å²) in [4.78, 5) is 4.44. The molecule has 118 valence electrons. The Hall–Kier alpha value is -2.05. The minimum atomic E-state index is -0.327. The Bertz CT molecular complexity index is 795. The molecule has 0 atom stereocenters. The molecule has 1 heterocycles. The number of thioether (sulfide) groups is 1. The van der Waals surface area contributed by atoms with Gasteiger partial charge < -0.3 is 4.74 Å². The molecular formula is C16H13ClFN3OS. The quantitative estimate of drug-likeness (QED) is 0.902. The summed E-state index contributed by atoms with van der Waals surface area (Å²) in [5, 5.41) is 5.57. The molecule has 1 aliphatic rings. The fourth-order valence-electron chi connectivity index (χ4n) is 2.08. The Labute approximate surface area is 142 Å². The minimum absolute atomic E-state index is 0.327. The van der Waals surface area contributed by atoms with Crippen molar-refractivity contribution in [2.24, 2.45) is 10.1 Å². The number of nitrogens with zero attached hydrogens (tertiary/aromatic N) is 2. The van der Waals surface area contributed by atoms with E-state index in [1.165, 1.54) is 23.9 Å². The molecule has 0 spiro atoms. The van der Waals surface area contributed by atoms with Crippen LogP contribution in [0.5, 0.6) is 5.75 Å². The van der Waals surface area contributed by atoms with Gasteiger partial charge in [-0.25, -0.2) is 9.38 Å². The molecule has 1 N–H and O–H groups in total. The average Bonchev–Trinajstić information content (AvgIpc) is 2.55. The van der Waals surface area contributed by atoms with Gasteiger partial charge in [-0.3, -0.25) is 5.43 Å². The van der Waals surface area contributed by atoms with Crippen molar-refractivity contribution in [2.45, 2.75) is 0 Å². The summed E-state index contributed by atoms with van der Waals surface area (Å²) in [6.07, 6.45) is 0. The second-order valence-electron chi connectivity index (χ2n) is 4.70. The monoisotopic (exact) mass is 349 g/mol. The van der Waals surface area contributed by atoms with Gasteiger partial charge in [0.15, 0.2) is 5.17 Å². The van der Waals surface area contributed by atoms with Gasteiger partial charge in [-0.15, -0.1) is 0 Å². The molecule has 2 aromatic rings. The number of rotatable bonds is 3. The zero-order chi connectivity index (χ0) is 16.2. The number of hydrogen-bond acceptors (Lipinski definition) is 4. The fraction of sp³-hybridized carbons (Fsp3) is 0.125. The molecule has 2 aromatic carbocycles. The maximum Gasteiger partial charge on any atom is 0.182 e. The lowest BCUT2D eigenvalue weighted by molar-refractivity contribution is 0.412. The first-order valence-electron chi connectivity index (χ1n) is 6.79. The van der Waals surface area contributed by atoms with Crippen LogP contribution in [0.15, 0.2) is 52.6 Å². The number of nitrogens with one attached hydrogen (secondary N) is 1. The summed E-state index contributed by atoms with van der Waals surface area (Å²) in [6, 6.07) is 11.6. The second-order valence-corrected chi connectivity index (χ2v) is 6.10. The molecular weight excluding hydrogens is 337 g/mol. The van der Waals surface area contributed by atoms with E-state index in [-0.39, 0.29) is 5.82 Å². The number of ether oxygens (including phenoxy) is 1. The van der Waals surface area contributed by atoms with Gasteiger partial charge in [0.05, 0.1) is 18.5 Å². The van der Waals surface area contributed by atoms with E-state index in [4.69, 9.17) is 16.3 Å². The van der Waals surface area contributed by atoms with Crippen LogP contribution in [-0.4, -0.2) is 23.7 Å². The third-order valence-electron chi connectivity index (χ3n) is 3.14. The molecule has 1 aliphatic heterocycles. The van der Waals surface area contributed by atoms with E-state index in [0.717, 1.165) is 5.69 Å². The first-order chi connectivity index (χ1) is 11.2. The smallest absolute Gasteiger partial charge is 0.182 e. The van der Waals surface area contributed by atoms with Crippen LogP contribution in [0.3, 0.4) is 0 Å². The summed E-state index contributed by atoms with van der Waals surface area (Å²) in [5.41, 5.74) is 4.97. The highest BCUT2D eigenvalue weighted by Gasteiger charge is 2.17. The Morgan fingerprint density at radius 1 is 1.30 bits per heavy atom. The van der Waals surface area contributed by atoms with Crippen LogP contribution >= 0.6 is 23.4 Å². The summed E-state index contributed by atoms with van der Waals surface area (Å²) >= 11 is 7.42. The van der Waals surface area contributed by atoms with Crippen molar-refractivity contribution in [2.75, 3.05) is 12.9 Å². The van der Waals surface area contributed by atoms with E-state index < -0.39 is 0 Å². The predicted octanol–water partition coefficient (Wildman–Crippen LogP) is 4.22. The van der Waals surface area contributed by atoms with Crippen LogP contribution in [0, 0.1) is 5.82 Å². The maximum atomic E-state index is 13.5. The van der Waals surface area contributed by atoms with Gasteiger partial charge in [-0.05, 0) is 36.4 Å². The van der Waals surface area contributed by atoms with Crippen molar-refractivity contribution in [1.29, 1.82) is 0 Å². The van der Waals surface area contributed by atoms with E-state index in [2.05, 4.69) is 15.5 Å². The van der Waals surface area contributed by atoms with Crippen LogP contribution < -0.4 is 10.2 Å². The van der Waals surface area contributed by atoms with Gasteiger partial charge in [0, 0.05) is 16.3 Å². The van der Waals surface area contributed by atoms with Crippen molar-refractivity contribution in [3.05, 3.63) is 58.9 Å². The van der Waals surface area contributed by atoms with Crippen LogP contribution in [0.1, 0.15) is 5.56 Å². The van der Waals surface area contributed by atoms with Gasteiger partial charge in [0.2, 0.25) is 0 Å². The maximum absolute atomic E-state index is 13.5. The third-order valence-corrected chi connectivity index (χ3v) is 4.25. The highest BCUT2D eigenvalue weighted by molar-refractivity contribution is 8.14. The normalized spacial score (nSPS) is 16.0. The Kier molecular flexibility index (Phi) is 4.83. The lowest BCUT2D eigenvalue weighted by Crippen LogP contribution is -2.25. The van der Waals surface area contributed by atoms with Gasteiger partial charge in [0.25, 0.3) is 0 Å². The first-order valence-corrected chi connectivity index (χ1v) is 8.15. The highest BCUT2D eigenvalue weighted by atomic mass is 35.5. The lowest BCUT2D eigenvalue weighted by Gasteiger charge is -2.16. The van der Waals surface area contributed by atoms with E-state index in [9.17, 15) is 4.39 Å². The largest absolute Gasteiger partial charge is 0.496 e. The zero-order valence-corrected chi connectivity index (χ0v) is 13.8. The van der Waals surface area contributed by atoms with Crippen molar-refractivity contribution in [1.82, 2.24) is 5.43 Å². The minimum Gasteiger partial charge on any atom is -0.496 e. The predicted molar refractivity (Wildman–Crippen MR) is 93.6 cm³/mol. The zero-order valence-electron chi connectivity index (χ0n) is 12.2. The van der Waals surface area contributed by atoms with Crippen molar-refractivity contribution in [3.63, 3.8) is 0 Å². The number of benzene rings is 2. The van der Waals surface area contributed by atoms with E-state index in [1.54, 1.807) is 25.3 Å². The summed E-state index contributed by atoms with van der Waals surface area (Å²) in [6.45, 7) is 0. The molecule has 0 saturated carbocycles. The van der Waals surface area contributed by atoms with Crippen LogP contribution in [0.4, 0.5) is 10.1 Å². The number of aliphatic imine (C=N–C) groups is 1. The summed E-state index contributed by atoms with van der Waals surface area (Å²) < 4.78 is 18.7. The summed E-state index contributed by atoms with van der Waals surface area (Å²) in [7, 11) is 1.55. The van der Waals surface area contributed by atoms with Crippen molar-refractivity contribution >= 4 is 39.9 Å². The number of halogens is 2. The molecule has 0 fully saturated rings. The van der Waals surface area contributed by atoms with Crippen molar-refractivity contribution < 1.29 is 9.13 Å². The van der Waals surface area contributed by atoms with Gasteiger partial charge in [0.1, 0.15) is 11.6 Å². The molecule has 0 saturated heterocycles. The molecule has 3 rings (SSSR count).